The molecule has 7 heteroatoms. The molecule has 2 atom stereocenters. The van der Waals surface area contributed by atoms with Gasteiger partial charge < -0.3 is 25.5 Å². The monoisotopic (exact) mass is 194 g/mol. The van der Waals surface area contributed by atoms with Crippen LogP contribution < -0.4 is 0 Å². The van der Waals surface area contributed by atoms with Gasteiger partial charge in [0, 0.05) is 0 Å². The van der Waals surface area contributed by atoms with E-state index < -0.39 is 36.7 Å². The maximum atomic E-state index is 10.7. The minimum Gasteiger partial charge on any atom is -0.479 e. The van der Waals surface area contributed by atoms with Crippen molar-refractivity contribution in [3.8, 4) is 0 Å². The first-order chi connectivity index (χ1) is 5.91. The van der Waals surface area contributed by atoms with E-state index in [1.54, 1.807) is 0 Å². The van der Waals surface area contributed by atoms with Crippen LogP contribution in [0.1, 0.15) is 0 Å². The fraction of sp³-hybridized carbons (Fsp3) is 0.667. The molecule has 0 radical (unpaired) electrons. The van der Waals surface area contributed by atoms with Crippen LogP contribution in [-0.2, 0) is 9.59 Å². The predicted molar refractivity (Wildman–Crippen MR) is 37.8 cm³/mol. The number of aliphatic carboxylic acids is 1. The number of carbonyl (C=O) groups excluding carboxylic acids is 1. The molecule has 0 saturated heterocycles. The molecule has 0 amide bonds. The van der Waals surface area contributed by atoms with Crippen molar-refractivity contribution in [1.82, 2.24) is 0 Å². The van der Waals surface area contributed by atoms with Crippen LogP contribution in [0.4, 0.5) is 0 Å². The summed E-state index contributed by atoms with van der Waals surface area (Å²) in [5, 5.41) is 43.0. The highest BCUT2D eigenvalue weighted by molar-refractivity contribution is 6.07. The quantitative estimate of drug-likeness (QED) is 0.289. The van der Waals surface area contributed by atoms with Crippen LogP contribution in [0.5, 0.6) is 0 Å². The van der Waals surface area contributed by atoms with Crippen molar-refractivity contribution in [2.45, 2.75) is 11.7 Å². The SMILES string of the molecule is O=C(O)[C@](O)(C(=O)CO)[C@@H](O)CO. The molecule has 5 N–H and O–H groups in total. The van der Waals surface area contributed by atoms with Gasteiger partial charge >= 0.3 is 5.97 Å². The van der Waals surface area contributed by atoms with Crippen LogP contribution in [-0.4, -0.2) is 62.2 Å². The average Bonchev–Trinajstić information content (AvgIpc) is 2.13. The smallest absolute Gasteiger partial charge is 0.346 e. The minimum atomic E-state index is -3.15. The van der Waals surface area contributed by atoms with Crippen LogP contribution in [0, 0.1) is 0 Å². The van der Waals surface area contributed by atoms with Gasteiger partial charge in [0.2, 0.25) is 5.78 Å². The van der Waals surface area contributed by atoms with Gasteiger partial charge in [0.1, 0.15) is 12.7 Å². The Balaban J connectivity index is 4.94. The summed E-state index contributed by atoms with van der Waals surface area (Å²) in [6.07, 6.45) is -2.16. The number of hydrogen-bond donors (Lipinski definition) is 5. The van der Waals surface area contributed by atoms with E-state index in [0.29, 0.717) is 0 Å². The van der Waals surface area contributed by atoms with Gasteiger partial charge in [-0.05, 0) is 0 Å². The number of hydrogen-bond acceptors (Lipinski definition) is 6. The molecule has 0 aliphatic heterocycles. The van der Waals surface area contributed by atoms with Crippen LogP contribution >= 0.6 is 0 Å². The maximum absolute atomic E-state index is 10.7. The summed E-state index contributed by atoms with van der Waals surface area (Å²) in [6, 6.07) is 0. The molecule has 0 spiro atoms. The number of aliphatic hydroxyl groups excluding tert-OH is 3. The maximum Gasteiger partial charge on any atom is 0.346 e. The third-order valence-corrected chi connectivity index (χ3v) is 1.55. The summed E-state index contributed by atoms with van der Waals surface area (Å²) in [6.45, 7) is -2.34. The number of carboxylic acids is 1. The van der Waals surface area contributed by atoms with Crippen molar-refractivity contribution in [2.75, 3.05) is 13.2 Å². The Morgan fingerprint density at radius 1 is 1.31 bits per heavy atom. The highest BCUT2D eigenvalue weighted by atomic mass is 16.4. The Morgan fingerprint density at radius 3 is 2.00 bits per heavy atom. The van der Waals surface area contributed by atoms with Gasteiger partial charge in [-0.2, -0.15) is 0 Å². The van der Waals surface area contributed by atoms with E-state index in [-0.39, 0.29) is 0 Å². The van der Waals surface area contributed by atoms with Gasteiger partial charge in [0.25, 0.3) is 5.60 Å². The second kappa shape index (κ2) is 4.28. The third-order valence-electron chi connectivity index (χ3n) is 1.55. The summed E-state index contributed by atoms with van der Waals surface area (Å²) in [5.41, 5.74) is -3.15. The molecular weight excluding hydrogens is 184 g/mol. The van der Waals surface area contributed by atoms with Gasteiger partial charge in [0.05, 0.1) is 6.61 Å². The second-order valence-corrected chi connectivity index (χ2v) is 2.35. The number of ketones is 1. The van der Waals surface area contributed by atoms with Gasteiger partial charge in [-0.15, -0.1) is 0 Å². The Kier molecular flexibility index (Phi) is 3.95. The number of carboxylic acid groups (broad SMARTS) is 1. The zero-order chi connectivity index (χ0) is 10.6. The van der Waals surface area contributed by atoms with Crippen molar-refractivity contribution in [1.29, 1.82) is 0 Å². The van der Waals surface area contributed by atoms with Crippen LogP contribution in [0.3, 0.4) is 0 Å². The number of Topliss-reactive ketones (excluding diaryl/α,β-unsaturated/α-hetero) is 1. The fourth-order valence-electron chi connectivity index (χ4n) is 0.700. The van der Waals surface area contributed by atoms with Crippen molar-refractivity contribution >= 4 is 11.8 Å². The molecule has 76 valence electrons. The van der Waals surface area contributed by atoms with Gasteiger partial charge in [0.15, 0.2) is 0 Å². The molecule has 0 aromatic carbocycles. The highest BCUT2D eigenvalue weighted by Crippen LogP contribution is 2.12. The van der Waals surface area contributed by atoms with Crippen LogP contribution in [0.25, 0.3) is 0 Å². The lowest BCUT2D eigenvalue weighted by atomic mass is 9.92. The molecule has 0 aromatic rings. The first-order valence-corrected chi connectivity index (χ1v) is 3.30. The van der Waals surface area contributed by atoms with E-state index in [2.05, 4.69) is 0 Å². The summed E-state index contributed by atoms with van der Waals surface area (Å²) in [4.78, 5) is 21.1. The lowest BCUT2D eigenvalue weighted by Gasteiger charge is -2.24. The van der Waals surface area contributed by atoms with E-state index in [4.69, 9.17) is 25.5 Å². The molecule has 0 fully saturated rings. The molecule has 0 saturated carbocycles. The van der Waals surface area contributed by atoms with E-state index >= 15 is 0 Å². The Bertz CT molecular complexity index is 213. The van der Waals surface area contributed by atoms with Gasteiger partial charge in [-0.1, -0.05) is 0 Å². The molecule has 0 rings (SSSR count). The molecule has 0 aromatic heterocycles. The van der Waals surface area contributed by atoms with E-state index in [1.165, 1.54) is 0 Å². The standard InChI is InChI=1S/C6H10O7/c7-1-3(9)6(13,5(11)12)4(10)2-8/h3,7-9,13H,1-2H2,(H,11,12)/t3-,6+/m0/s1. The zero-order valence-corrected chi connectivity index (χ0v) is 6.54. The average molecular weight is 194 g/mol. The topological polar surface area (TPSA) is 135 Å². The second-order valence-electron chi connectivity index (χ2n) is 2.35. The predicted octanol–water partition coefficient (Wildman–Crippen LogP) is -3.28. The zero-order valence-electron chi connectivity index (χ0n) is 6.54. The molecule has 13 heavy (non-hydrogen) atoms. The number of rotatable bonds is 5. The Hall–Kier alpha value is -1.02. The van der Waals surface area contributed by atoms with Crippen molar-refractivity contribution in [3.05, 3.63) is 0 Å². The van der Waals surface area contributed by atoms with Crippen LogP contribution in [0.2, 0.25) is 0 Å². The minimum absolute atomic E-state index is 1.10. The molecule has 0 bridgehead atoms. The Labute approximate surface area is 72.9 Å². The molecule has 0 aliphatic rings. The Morgan fingerprint density at radius 2 is 1.77 bits per heavy atom. The van der Waals surface area contributed by atoms with E-state index in [0.717, 1.165) is 0 Å². The summed E-state index contributed by atoms with van der Waals surface area (Å²) < 4.78 is 0. The molecule has 0 heterocycles. The van der Waals surface area contributed by atoms with Gasteiger partial charge in [-0.25, -0.2) is 4.79 Å². The fourth-order valence-corrected chi connectivity index (χ4v) is 0.700. The highest BCUT2D eigenvalue weighted by Gasteiger charge is 2.49. The first-order valence-electron chi connectivity index (χ1n) is 3.30. The van der Waals surface area contributed by atoms with Crippen LogP contribution in [0.15, 0.2) is 0 Å². The molecular formula is C6H10O7. The van der Waals surface area contributed by atoms with Crippen molar-refractivity contribution in [2.24, 2.45) is 0 Å². The van der Waals surface area contributed by atoms with E-state index in [9.17, 15) is 9.59 Å². The largest absolute Gasteiger partial charge is 0.479 e. The summed E-state index contributed by atoms with van der Waals surface area (Å²) in [7, 11) is 0. The van der Waals surface area contributed by atoms with Gasteiger partial charge in [-0.3, -0.25) is 4.79 Å². The lowest BCUT2D eigenvalue weighted by Crippen LogP contribution is -2.58. The third kappa shape index (κ3) is 2.01. The first kappa shape index (κ1) is 12.0. The molecule has 0 aliphatic carbocycles. The summed E-state index contributed by atoms with van der Waals surface area (Å²) in [5.74, 6) is -3.50. The number of carbonyl (C=O) groups is 2. The van der Waals surface area contributed by atoms with Crippen molar-refractivity contribution in [3.63, 3.8) is 0 Å². The molecule has 0 unspecified atom stereocenters. The number of aliphatic hydroxyl groups is 4. The van der Waals surface area contributed by atoms with E-state index in [1.807, 2.05) is 0 Å². The molecule has 7 nitrogen and oxygen atoms in total. The lowest BCUT2D eigenvalue weighted by molar-refractivity contribution is -0.181. The normalized spacial score (nSPS) is 17.5. The summed E-state index contributed by atoms with van der Waals surface area (Å²) >= 11 is 0. The van der Waals surface area contributed by atoms with Crippen molar-refractivity contribution < 1.29 is 35.1 Å².